The Bertz CT molecular complexity index is 5550. The van der Waals surface area contributed by atoms with Gasteiger partial charge in [0.25, 0.3) is 0 Å². The van der Waals surface area contributed by atoms with Gasteiger partial charge in [0, 0.05) is 71.1 Å². The Hall–Kier alpha value is -10.6. The minimum atomic E-state index is 0.475. The first kappa shape index (κ1) is 67.5. The monoisotopic (exact) mass is 1450 g/mol. The predicted octanol–water partition coefficient (Wildman–Crippen LogP) is 15.9. The van der Waals surface area contributed by atoms with Gasteiger partial charge in [-0.1, -0.05) is 77.3 Å². The van der Waals surface area contributed by atoms with Crippen molar-refractivity contribution in [2.24, 2.45) is 5.73 Å². The maximum atomic E-state index is 11.3. The quantitative estimate of drug-likeness (QED) is 0.0516. The summed E-state index contributed by atoms with van der Waals surface area (Å²) in [6.07, 6.45) is 15.9. The number of nitrogens with zero attached hydrogens (tertiary/aromatic N) is 15. The van der Waals surface area contributed by atoms with Crippen molar-refractivity contribution in [3.8, 4) is 75.3 Å². The number of halogens is 3. The summed E-state index contributed by atoms with van der Waals surface area (Å²) in [7, 11) is 3.36. The summed E-state index contributed by atoms with van der Waals surface area (Å²) in [5.74, 6) is 3.74. The number of ether oxygens (including phenoxy) is 2. The Morgan fingerprint density at radius 2 is 0.881 bits per heavy atom. The van der Waals surface area contributed by atoms with Gasteiger partial charge in [-0.25, -0.2) is 43.5 Å². The van der Waals surface area contributed by atoms with Gasteiger partial charge in [0.05, 0.1) is 96.3 Å². The molecule has 28 heteroatoms. The molecule has 101 heavy (non-hydrogen) atoms. The zero-order chi connectivity index (χ0) is 69.7. The summed E-state index contributed by atoms with van der Waals surface area (Å²) in [6.45, 7) is 6.45. The van der Waals surface area contributed by atoms with Crippen LogP contribution in [0.2, 0.25) is 15.1 Å². The molecule has 0 atom stereocenters. The number of fused-ring (bicyclic) bond motifs is 3. The number of pyridine rings is 3. The van der Waals surface area contributed by atoms with E-state index < -0.39 is 0 Å². The van der Waals surface area contributed by atoms with Crippen LogP contribution < -0.4 is 15.2 Å². The third-order valence-electron chi connectivity index (χ3n) is 16.8. The van der Waals surface area contributed by atoms with Gasteiger partial charge in [-0.3, -0.25) is 20.1 Å². The number of H-pyrrole nitrogens is 3. The maximum Gasteiger partial charge on any atom is 0.167 e. The van der Waals surface area contributed by atoms with Crippen molar-refractivity contribution in [3.05, 3.63) is 253 Å². The second-order valence-electron chi connectivity index (χ2n) is 23.6. The summed E-state index contributed by atoms with van der Waals surface area (Å²) >= 11 is 22.9. The fourth-order valence-electron chi connectivity index (χ4n) is 11.9. The Balaban J connectivity index is 0.000000131. The molecule has 0 aliphatic rings. The zero-order valence-electron chi connectivity index (χ0n) is 55.0. The first-order valence-corrected chi connectivity index (χ1v) is 35.5. The number of benzene rings is 4. The van der Waals surface area contributed by atoms with E-state index in [4.69, 9.17) is 70.1 Å². The van der Waals surface area contributed by atoms with Crippen molar-refractivity contribution >= 4 is 91.6 Å². The number of carbonyl (C=O) groups excluding carboxylic acids is 1. The molecule has 0 radical (unpaired) electrons. The third kappa shape index (κ3) is 14.8. The molecular weight excluding hydrogens is 1390 g/mol. The lowest BCUT2D eigenvalue weighted by atomic mass is 10.0. The largest absolute Gasteiger partial charge is 0.497 e. The van der Waals surface area contributed by atoms with Gasteiger partial charge in [-0.2, -0.15) is 30.6 Å². The third-order valence-corrected chi connectivity index (χ3v) is 21.0. The first-order valence-electron chi connectivity index (χ1n) is 31.9. The molecule has 0 unspecified atom stereocenters. The average molecular weight is 1460 g/mol. The summed E-state index contributed by atoms with van der Waals surface area (Å²) in [5.41, 5.74) is 24.5. The Morgan fingerprint density at radius 1 is 0.475 bits per heavy atom. The van der Waals surface area contributed by atoms with Gasteiger partial charge >= 0.3 is 0 Å². The number of thiazole rings is 3. The number of nitrogens with two attached hydrogens (primary N) is 1. The van der Waals surface area contributed by atoms with Crippen LogP contribution in [0, 0.1) is 20.8 Å². The summed E-state index contributed by atoms with van der Waals surface area (Å²) < 4.78 is 16.5. The molecule has 0 fully saturated rings. The van der Waals surface area contributed by atoms with E-state index in [-0.39, 0.29) is 0 Å². The second-order valence-corrected chi connectivity index (χ2v) is 27.9. The summed E-state index contributed by atoms with van der Waals surface area (Å²) in [5, 5.41) is 39.8. The number of hydrogen-bond donors (Lipinski definition) is 4. The van der Waals surface area contributed by atoms with Crippen LogP contribution in [0.15, 0.2) is 165 Å². The molecule has 22 nitrogen and oxygen atoms in total. The normalized spacial score (nSPS) is 11.3. The lowest BCUT2D eigenvalue weighted by Gasteiger charge is -2.10. The number of aromatic amines is 3. The molecule has 5 N–H and O–H groups in total. The fourth-order valence-corrected chi connectivity index (χ4v) is 15.7. The van der Waals surface area contributed by atoms with Crippen LogP contribution in [0.3, 0.4) is 0 Å². The van der Waals surface area contributed by atoms with Crippen LogP contribution in [0.4, 0.5) is 0 Å². The van der Waals surface area contributed by atoms with Gasteiger partial charge in [0.15, 0.2) is 17.5 Å². The number of aldehydes is 1. The number of aromatic nitrogens is 18. The lowest BCUT2D eigenvalue weighted by Crippen LogP contribution is -1.97. The van der Waals surface area contributed by atoms with E-state index in [0.717, 1.165) is 156 Å². The second kappa shape index (κ2) is 30.1. The van der Waals surface area contributed by atoms with Crippen molar-refractivity contribution in [1.82, 2.24) is 89.3 Å². The average Bonchev–Trinajstić information content (AvgIpc) is 1.63. The van der Waals surface area contributed by atoms with E-state index >= 15 is 0 Å². The van der Waals surface area contributed by atoms with E-state index in [0.29, 0.717) is 63.9 Å². The predicted molar refractivity (Wildman–Crippen MR) is 397 cm³/mol. The molecule has 506 valence electrons. The highest BCUT2D eigenvalue weighted by Gasteiger charge is 2.26. The van der Waals surface area contributed by atoms with E-state index in [1.807, 2.05) is 139 Å². The number of nitrogens with one attached hydrogen (secondary N) is 3. The molecule has 0 amide bonds. The van der Waals surface area contributed by atoms with Gasteiger partial charge < -0.3 is 15.2 Å². The molecule has 0 spiro atoms. The molecule has 0 saturated carbocycles. The van der Waals surface area contributed by atoms with Crippen LogP contribution in [-0.2, 0) is 38.6 Å². The van der Waals surface area contributed by atoms with Crippen LogP contribution in [-0.4, -0.2) is 110 Å². The van der Waals surface area contributed by atoms with Crippen LogP contribution in [0.1, 0.15) is 84.3 Å². The standard InChI is InChI=1S/C31H29ClN6O2S.C21H18ClN7S.C21H15ClN6OS/c1-19-28(31-35-25(15-21-7-10-23(32)11-8-21)29(41-31)30-33-18-34-36-30)26-16-20(13-14-38(26)37-19)5-4-6-22-9-12-24(39-2)17-27(22)40-3;1-12-18(17-9-14(10-23)6-7-29(17)28-12)21-26-16(8-13-2-4-15(22)5-3-13)19(30-21)20-24-11-25-27-20;1-12-18(17-9-14(10-29)6-7-28(17)27-12)21-25-16(8-13-2-4-15(22)5-3-13)19(30-21)20-23-11-24-26-20/h7-14,16-18H,4-6,15H2,1-3H3,(H,33,34,36);2-7,9,11H,8,10,23H2,1H3,(H,24,25,27);2-7,9-11H,8H2,1H3,(H,23,24,26). The van der Waals surface area contributed by atoms with Crippen molar-refractivity contribution < 1.29 is 14.3 Å². The Morgan fingerprint density at radius 3 is 1.27 bits per heavy atom. The number of methoxy groups -OCH3 is 2. The molecular formula is C73H62Cl3N19O3S3. The Labute approximate surface area is 605 Å². The highest BCUT2D eigenvalue weighted by atomic mass is 35.5. The smallest absolute Gasteiger partial charge is 0.167 e. The first-order chi connectivity index (χ1) is 49.3. The minimum Gasteiger partial charge on any atom is -0.497 e. The minimum absolute atomic E-state index is 0.475. The van der Waals surface area contributed by atoms with Gasteiger partial charge in [-0.05, 0) is 152 Å². The molecule has 12 heterocycles. The molecule has 0 bridgehead atoms. The van der Waals surface area contributed by atoms with Crippen LogP contribution >= 0.6 is 68.8 Å². The van der Waals surface area contributed by atoms with Gasteiger partial charge in [0.2, 0.25) is 0 Å². The van der Waals surface area contributed by atoms with Crippen molar-refractivity contribution in [2.75, 3.05) is 14.2 Å². The number of aryl methyl sites for hydroxylation is 5. The van der Waals surface area contributed by atoms with Gasteiger partial charge in [-0.15, -0.1) is 34.0 Å². The summed E-state index contributed by atoms with van der Waals surface area (Å²) in [6, 6.07) is 41.4. The van der Waals surface area contributed by atoms with Crippen molar-refractivity contribution in [3.63, 3.8) is 0 Å². The topological polar surface area (TPSA) is 277 Å². The van der Waals surface area contributed by atoms with E-state index in [2.05, 4.69) is 80.0 Å². The molecule has 4 aromatic carbocycles. The zero-order valence-corrected chi connectivity index (χ0v) is 59.7. The highest BCUT2D eigenvalue weighted by Crippen LogP contribution is 2.42. The Kier molecular flexibility index (Phi) is 20.1. The van der Waals surface area contributed by atoms with E-state index in [1.165, 1.54) is 41.4 Å². The number of hydrogen-bond acceptors (Lipinski definition) is 19. The SMILES string of the molecule is COc1ccc(CCCc2ccn3nc(C)c(-c4nc(Cc5ccc(Cl)cc5)c(-c5ncn[nH]5)s4)c3c2)c(OC)c1.Cc1nn2ccc(C=O)cc2c1-c1nc(Cc2ccc(Cl)cc2)c(-c2ncn[nH]2)s1.Cc1nn2ccc(CN)cc2c1-c1nc(Cc2ccc(Cl)cc2)c(-c2ncn[nH]2)s1. The van der Waals surface area contributed by atoms with Crippen LogP contribution in [0.25, 0.3) is 80.4 Å². The van der Waals surface area contributed by atoms with Crippen molar-refractivity contribution in [1.29, 1.82) is 0 Å². The molecule has 16 aromatic rings. The molecule has 0 aliphatic heterocycles. The number of carbonyl (C=O) groups is 1. The lowest BCUT2D eigenvalue weighted by molar-refractivity contribution is 0.112. The molecule has 0 saturated heterocycles. The molecule has 12 aromatic heterocycles. The van der Waals surface area contributed by atoms with E-state index in [9.17, 15) is 4.79 Å². The fraction of sp³-hybridized carbons (Fsp3) is 0.164. The van der Waals surface area contributed by atoms with E-state index in [1.54, 1.807) is 53.7 Å². The molecule has 0 aliphatic carbocycles. The summed E-state index contributed by atoms with van der Waals surface area (Å²) in [4.78, 5) is 42.3. The molecule has 16 rings (SSSR count). The van der Waals surface area contributed by atoms with Crippen molar-refractivity contribution in [2.45, 2.75) is 65.8 Å². The van der Waals surface area contributed by atoms with Crippen LogP contribution in [0.5, 0.6) is 11.5 Å². The highest BCUT2D eigenvalue weighted by molar-refractivity contribution is 7.19. The maximum absolute atomic E-state index is 11.3. The number of rotatable bonds is 20. The van der Waals surface area contributed by atoms with Gasteiger partial charge in [0.1, 0.15) is 51.8 Å².